The lowest BCUT2D eigenvalue weighted by Gasteiger charge is -2.39. The van der Waals surface area contributed by atoms with Crippen LogP contribution in [-0.2, 0) is 19.3 Å². The molecular weight excluding hydrogens is 392 g/mol. The summed E-state index contributed by atoms with van der Waals surface area (Å²) in [5.74, 6) is -0.268. The van der Waals surface area contributed by atoms with Crippen molar-refractivity contribution in [2.24, 2.45) is 0 Å². The van der Waals surface area contributed by atoms with E-state index < -0.39 is 40.5 Å². The van der Waals surface area contributed by atoms with Crippen molar-refractivity contribution in [3.8, 4) is 0 Å². The van der Waals surface area contributed by atoms with Crippen LogP contribution < -0.4 is 0 Å². The maximum atomic E-state index is 12.3. The van der Waals surface area contributed by atoms with Crippen LogP contribution in [-0.4, -0.2) is 67.3 Å². The molecule has 1 aromatic rings. The maximum Gasteiger partial charge on any atom is 0.186 e. The Morgan fingerprint density at radius 1 is 1.13 bits per heavy atom. The molecule has 0 bridgehead atoms. The number of methoxy groups -OCH3 is 1. The third-order valence-corrected chi connectivity index (χ3v) is 6.04. The first kappa shape index (κ1) is 18.8. The summed E-state index contributed by atoms with van der Waals surface area (Å²) in [5, 5.41) is 29.4. The SMILES string of the molecule is COC1O[C@H](CCS(=O)(=O)c2ccc(Br)cc2)C(O)[C@@H](O)[C@@H]1O. The van der Waals surface area contributed by atoms with Crippen LogP contribution in [0.15, 0.2) is 33.6 Å². The van der Waals surface area contributed by atoms with Crippen molar-refractivity contribution in [3.63, 3.8) is 0 Å². The number of benzene rings is 1. The van der Waals surface area contributed by atoms with Crippen molar-refractivity contribution in [2.45, 2.75) is 42.0 Å². The van der Waals surface area contributed by atoms with E-state index in [1.165, 1.54) is 19.2 Å². The Kier molecular flexibility index (Phi) is 6.17. The second kappa shape index (κ2) is 7.56. The molecule has 3 N–H and O–H groups in total. The van der Waals surface area contributed by atoms with E-state index in [0.717, 1.165) is 4.47 Å². The molecule has 1 fully saturated rings. The van der Waals surface area contributed by atoms with E-state index in [0.29, 0.717) is 0 Å². The van der Waals surface area contributed by atoms with Crippen molar-refractivity contribution in [1.82, 2.24) is 0 Å². The second-order valence-electron chi connectivity index (χ2n) is 5.31. The molecule has 5 atom stereocenters. The van der Waals surface area contributed by atoms with E-state index >= 15 is 0 Å². The third kappa shape index (κ3) is 4.30. The van der Waals surface area contributed by atoms with Gasteiger partial charge in [0.2, 0.25) is 0 Å². The van der Waals surface area contributed by atoms with Crippen molar-refractivity contribution in [3.05, 3.63) is 28.7 Å². The summed E-state index contributed by atoms with van der Waals surface area (Å²) in [7, 11) is -2.27. The molecule has 7 nitrogen and oxygen atoms in total. The average Bonchev–Trinajstić information content (AvgIpc) is 2.52. The topological polar surface area (TPSA) is 113 Å². The van der Waals surface area contributed by atoms with Crippen molar-refractivity contribution < 1.29 is 33.2 Å². The number of aliphatic hydroxyl groups excluding tert-OH is 3. The van der Waals surface area contributed by atoms with E-state index in [-0.39, 0.29) is 17.1 Å². The smallest absolute Gasteiger partial charge is 0.186 e. The Balaban J connectivity index is 2.05. The summed E-state index contributed by atoms with van der Waals surface area (Å²) in [5.41, 5.74) is 0. The summed E-state index contributed by atoms with van der Waals surface area (Å²) in [6.45, 7) is 0. The molecular formula is C14H19BrO7S. The van der Waals surface area contributed by atoms with Gasteiger partial charge in [0, 0.05) is 11.6 Å². The lowest BCUT2D eigenvalue weighted by atomic mass is 9.97. The molecule has 130 valence electrons. The summed E-state index contributed by atoms with van der Waals surface area (Å²) in [4.78, 5) is 0.162. The number of rotatable bonds is 5. The zero-order valence-corrected chi connectivity index (χ0v) is 14.8. The Bertz CT molecular complexity index is 617. The van der Waals surface area contributed by atoms with Crippen molar-refractivity contribution in [1.29, 1.82) is 0 Å². The highest BCUT2D eigenvalue weighted by Crippen LogP contribution is 2.25. The monoisotopic (exact) mass is 410 g/mol. The summed E-state index contributed by atoms with van der Waals surface area (Å²) in [6.07, 6.45) is -6.36. The molecule has 0 aromatic heterocycles. The van der Waals surface area contributed by atoms with Gasteiger partial charge in [0.25, 0.3) is 0 Å². The minimum Gasteiger partial charge on any atom is -0.388 e. The molecule has 2 rings (SSSR count). The van der Waals surface area contributed by atoms with Gasteiger partial charge in [-0.15, -0.1) is 0 Å². The highest BCUT2D eigenvalue weighted by molar-refractivity contribution is 9.10. The lowest BCUT2D eigenvalue weighted by molar-refractivity contribution is -0.289. The molecule has 1 saturated heterocycles. The average molecular weight is 411 g/mol. The predicted octanol–water partition coefficient (Wildman–Crippen LogP) is 0.0669. The number of ether oxygens (including phenoxy) is 2. The van der Waals surface area contributed by atoms with Crippen LogP contribution in [0.3, 0.4) is 0 Å². The van der Waals surface area contributed by atoms with Gasteiger partial charge in [0.05, 0.1) is 16.8 Å². The molecule has 1 aromatic carbocycles. The highest BCUT2D eigenvalue weighted by Gasteiger charge is 2.44. The van der Waals surface area contributed by atoms with Gasteiger partial charge in [-0.1, -0.05) is 15.9 Å². The van der Waals surface area contributed by atoms with Gasteiger partial charge in [-0.3, -0.25) is 0 Å². The normalized spacial score (nSPS) is 32.0. The molecule has 9 heteroatoms. The van der Waals surface area contributed by atoms with E-state index in [2.05, 4.69) is 15.9 Å². The molecule has 1 aliphatic rings. The molecule has 0 spiro atoms. The fraction of sp³-hybridized carbons (Fsp3) is 0.571. The predicted molar refractivity (Wildman–Crippen MR) is 84.5 cm³/mol. The van der Waals surface area contributed by atoms with Crippen LogP contribution in [0.2, 0.25) is 0 Å². The van der Waals surface area contributed by atoms with Crippen LogP contribution >= 0.6 is 15.9 Å². The quantitative estimate of drug-likeness (QED) is 0.628. The van der Waals surface area contributed by atoms with Gasteiger partial charge >= 0.3 is 0 Å². The standard InChI is InChI=1S/C14H19BrO7S/c1-21-14-13(18)12(17)11(16)10(22-14)6-7-23(19,20)9-4-2-8(15)3-5-9/h2-5,10-14,16-18H,6-7H2,1H3/t10-,11?,12-,13+,14?/m1/s1. The second-order valence-corrected chi connectivity index (χ2v) is 8.34. The highest BCUT2D eigenvalue weighted by atomic mass is 79.9. The molecule has 23 heavy (non-hydrogen) atoms. The molecule has 1 aliphatic heterocycles. The Labute approximate surface area is 142 Å². The molecule has 1 heterocycles. The van der Waals surface area contributed by atoms with Crippen LogP contribution in [0.5, 0.6) is 0 Å². The van der Waals surface area contributed by atoms with Gasteiger partial charge in [-0.05, 0) is 30.7 Å². The van der Waals surface area contributed by atoms with Crippen molar-refractivity contribution in [2.75, 3.05) is 12.9 Å². The van der Waals surface area contributed by atoms with Gasteiger partial charge in [0.15, 0.2) is 16.1 Å². The Hall–Kier alpha value is -0.550. The van der Waals surface area contributed by atoms with E-state index in [1.807, 2.05) is 0 Å². The van der Waals surface area contributed by atoms with Gasteiger partial charge in [0.1, 0.15) is 18.3 Å². The fourth-order valence-corrected chi connectivity index (χ4v) is 3.97. The fourth-order valence-electron chi connectivity index (χ4n) is 2.38. The van der Waals surface area contributed by atoms with Crippen molar-refractivity contribution >= 4 is 25.8 Å². The number of halogens is 1. The summed E-state index contributed by atoms with van der Waals surface area (Å²) in [6, 6.07) is 6.21. The van der Waals surface area contributed by atoms with Crippen LogP contribution in [0.25, 0.3) is 0 Å². The molecule has 0 aliphatic carbocycles. The summed E-state index contributed by atoms with van der Waals surface area (Å²) < 4.78 is 35.6. The largest absolute Gasteiger partial charge is 0.388 e. The van der Waals surface area contributed by atoms with Crippen LogP contribution in [0.1, 0.15) is 6.42 Å². The maximum absolute atomic E-state index is 12.3. The van der Waals surface area contributed by atoms with E-state index in [9.17, 15) is 23.7 Å². The lowest BCUT2D eigenvalue weighted by Crippen LogP contribution is -2.58. The van der Waals surface area contributed by atoms with E-state index in [1.54, 1.807) is 12.1 Å². The number of sulfone groups is 1. The summed E-state index contributed by atoms with van der Waals surface area (Å²) >= 11 is 3.24. The Morgan fingerprint density at radius 2 is 1.74 bits per heavy atom. The first-order valence-electron chi connectivity index (χ1n) is 6.97. The van der Waals surface area contributed by atoms with Crippen LogP contribution in [0, 0.1) is 0 Å². The third-order valence-electron chi connectivity index (χ3n) is 3.74. The molecule has 0 amide bonds. The zero-order valence-electron chi connectivity index (χ0n) is 12.4. The Morgan fingerprint density at radius 3 is 2.30 bits per heavy atom. The molecule has 0 radical (unpaired) electrons. The first-order chi connectivity index (χ1) is 10.8. The van der Waals surface area contributed by atoms with Gasteiger partial charge < -0.3 is 24.8 Å². The number of aliphatic hydroxyl groups is 3. The van der Waals surface area contributed by atoms with E-state index in [4.69, 9.17) is 9.47 Å². The number of hydrogen-bond donors (Lipinski definition) is 3. The van der Waals surface area contributed by atoms with Gasteiger partial charge in [-0.2, -0.15) is 0 Å². The number of hydrogen-bond acceptors (Lipinski definition) is 7. The minimum atomic E-state index is -3.55. The van der Waals surface area contributed by atoms with Gasteiger partial charge in [-0.25, -0.2) is 8.42 Å². The molecule has 0 saturated carbocycles. The first-order valence-corrected chi connectivity index (χ1v) is 9.41. The molecule has 2 unspecified atom stereocenters. The zero-order chi connectivity index (χ0) is 17.2. The van der Waals surface area contributed by atoms with Crippen LogP contribution in [0.4, 0.5) is 0 Å². The minimum absolute atomic E-state index is 0.0385.